The third-order valence-electron chi connectivity index (χ3n) is 6.36. The van der Waals surface area contributed by atoms with Gasteiger partial charge in [0.05, 0.1) is 29.6 Å². The summed E-state index contributed by atoms with van der Waals surface area (Å²) in [4.78, 5) is 29.3. The Balaban J connectivity index is 1.46. The van der Waals surface area contributed by atoms with Crippen LogP contribution in [0.15, 0.2) is 51.8 Å². The molecule has 36 heavy (non-hydrogen) atoms. The van der Waals surface area contributed by atoms with Crippen molar-refractivity contribution in [3.05, 3.63) is 58.6 Å². The largest absolute Gasteiger partial charge is 0.477 e. The molecule has 0 bridgehead atoms. The maximum Gasteiger partial charge on any atom is 0.344 e. The first-order chi connectivity index (χ1) is 17.2. The molecular formula is C30H39NO5. The lowest BCUT2D eigenvalue weighted by atomic mass is 9.85. The van der Waals surface area contributed by atoms with Gasteiger partial charge in [-0.25, -0.2) is 9.78 Å². The lowest BCUT2D eigenvalue weighted by molar-refractivity contribution is -0.154. The highest BCUT2D eigenvalue weighted by molar-refractivity contribution is 5.85. The number of hydrogen-bond donors (Lipinski definition) is 0. The van der Waals surface area contributed by atoms with Gasteiger partial charge in [0.25, 0.3) is 0 Å². The number of esters is 1. The van der Waals surface area contributed by atoms with Gasteiger partial charge >= 0.3 is 11.6 Å². The zero-order chi connectivity index (χ0) is 26.1. The summed E-state index contributed by atoms with van der Waals surface area (Å²) in [5, 5.41) is 0.681. The van der Waals surface area contributed by atoms with Crippen LogP contribution in [0.2, 0.25) is 0 Å². The van der Waals surface area contributed by atoms with Crippen LogP contribution in [0.1, 0.15) is 71.8 Å². The summed E-state index contributed by atoms with van der Waals surface area (Å²) in [6.45, 7) is 11.2. The van der Waals surface area contributed by atoms with Gasteiger partial charge in [0.15, 0.2) is 0 Å². The molecule has 0 aliphatic heterocycles. The van der Waals surface area contributed by atoms with E-state index in [1.807, 2.05) is 45.0 Å². The van der Waals surface area contributed by atoms with E-state index in [9.17, 15) is 9.59 Å². The number of carbonyl (C=O) groups is 1. The van der Waals surface area contributed by atoms with E-state index in [-0.39, 0.29) is 11.6 Å². The SMILES string of the molecule is Cc1cccc(-c2cc3c(OCCCCCCOC(=O)C(C)(C)CCC(C)C)nccc3oc2=O)c1. The van der Waals surface area contributed by atoms with Crippen molar-refractivity contribution in [2.24, 2.45) is 11.3 Å². The van der Waals surface area contributed by atoms with E-state index in [2.05, 4.69) is 18.8 Å². The number of carbonyl (C=O) groups excluding carboxylic acids is 1. The number of unbranched alkanes of at least 4 members (excludes halogenated alkanes) is 3. The topological polar surface area (TPSA) is 78.6 Å². The fraction of sp³-hybridized carbons (Fsp3) is 0.500. The predicted octanol–water partition coefficient (Wildman–Crippen LogP) is 7.11. The maximum atomic E-state index is 12.5. The van der Waals surface area contributed by atoms with E-state index in [0.717, 1.165) is 49.7 Å². The summed E-state index contributed by atoms with van der Waals surface area (Å²) in [7, 11) is 0. The molecule has 0 fully saturated rings. The minimum absolute atomic E-state index is 0.106. The Kier molecular flexibility index (Phi) is 9.68. The molecule has 1 aromatic carbocycles. The molecule has 6 heteroatoms. The van der Waals surface area contributed by atoms with Crippen LogP contribution >= 0.6 is 0 Å². The van der Waals surface area contributed by atoms with Crippen LogP contribution in [0, 0.1) is 18.3 Å². The third kappa shape index (κ3) is 7.67. The molecule has 0 radical (unpaired) electrons. The van der Waals surface area contributed by atoms with Crippen molar-refractivity contribution < 1.29 is 18.7 Å². The van der Waals surface area contributed by atoms with Gasteiger partial charge in [0.2, 0.25) is 5.88 Å². The number of aromatic nitrogens is 1. The van der Waals surface area contributed by atoms with Gasteiger partial charge in [-0.3, -0.25) is 4.79 Å². The van der Waals surface area contributed by atoms with Crippen LogP contribution in [0.25, 0.3) is 22.1 Å². The minimum atomic E-state index is -0.429. The summed E-state index contributed by atoms with van der Waals surface area (Å²) >= 11 is 0. The van der Waals surface area contributed by atoms with Crippen molar-refractivity contribution in [1.29, 1.82) is 0 Å². The molecule has 0 atom stereocenters. The van der Waals surface area contributed by atoms with Gasteiger partial charge in [0, 0.05) is 12.3 Å². The standard InChI is InChI=1S/C30H39NO5/c1-21(2)13-15-30(4,5)29(33)35-18-9-7-6-8-17-34-27-25-20-24(23-12-10-11-22(3)19-23)28(32)36-26(25)14-16-31-27/h10-12,14,16,19-21H,6-9,13,15,17-18H2,1-5H3. The van der Waals surface area contributed by atoms with E-state index in [0.29, 0.717) is 41.5 Å². The Morgan fingerprint density at radius 3 is 2.53 bits per heavy atom. The smallest absolute Gasteiger partial charge is 0.344 e. The normalized spacial score (nSPS) is 11.7. The molecule has 0 N–H and O–H groups in total. The van der Waals surface area contributed by atoms with Crippen molar-refractivity contribution in [3.63, 3.8) is 0 Å². The second kappa shape index (κ2) is 12.7. The molecule has 0 aliphatic rings. The van der Waals surface area contributed by atoms with Crippen LogP contribution in [-0.2, 0) is 9.53 Å². The van der Waals surface area contributed by atoms with E-state index in [4.69, 9.17) is 13.9 Å². The van der Waals surface area contributed by atoms with Crippen LogP contribution in [-0.4, -0.2) is 24.2 Å². The number of ether oxygens (including phenoxy) is 2. The second-order valence-electron chi connectivity index (χ2n) is 10.6. The molecule has 0 spiro atoms. The highest BCUT2D eigenvalue weighted by Crippen LogP contribution is 2.28. The Labute approximate surface area is 214 Å². The fourth-order valence-electron chi connectivity index (χ4n) is 3.98. The van der Waals surface area contributed by atoms with E-state index in [1.165, 1.54) is 0 Å². The Morgan fingerprint density at radius 2 is 1.81 bits per heavy atom. The quantitative estimate of drug-likeness (QED) is 0.186. The zero-order valence-corrected chi connectivity index (χ0v) is 22.3. The van der Waals surface area contributed by atoms with Crippen LogP contribution in [0.3, 0.4) is 0 Å². The first kappa shape index (κ1) is 27.4. The Bertz CT molecular complexity index is 1210. The average Bonchev–Trinajstić information content (AvgIpc) is 2.83. The highest BCUT2D eigenvalue weighted by atomic mass is 16.5. The minimum Gasteiger partial charge on any atom is -0.477 e. The molecule has 194 valence electrons. The number of aryl methyl sites for hydroxylation is 1. The molecule has 0 saturated carbocycles. The number of benzene rings is 1. The van der Waals surface area contributed by atoms with Gasteiger partial charge < -0.3 is 13.9 Å². The van der Waals surface area contributed by atoms with Gasteiger partial charge in [0.1, 0.15) is 5.58 Å². The zero-order valence-electron chi connectivity index (χ0n) is 22.3. The first-order valence-electron chi connectivity index (χ1n) is 13.0. The Morgan fingerprint density at radius 1 is 1.06 bits per heavy atom. The number of pyridine rings is 1. The third-order valence-corrected chi connectivity index (χ3v) is 6.36. The predicted molar refractivity (Wildman–Crippen MR) is 143 cm³/mol. The number of hydrogen-bond acceptors (Lipinski definition) is 6. The van der Waals surface area contributed by atoms with Crippen LogP contribution < -0.4 is 10.4 Å². The van der Waals surface area contributed by atoms with Crippen LogP contribution in [0.5, 0.6) is 5.88 Å². The van der Waals surface area contributed by atoms with Crippen LogP contribution in [0.4, 0.5) is 0 Å². The fourth-order valence-corrected chi connectivity index (χ4v) is 3.98. The van der Waals surface area contributed by atoms with Gasteiger partial charge in [-0.2, -0.15) is 0 Å². The molecular weight excluding hydrogens is 454 g/mol. The molecule has 2 heterocycles. The van der Waals surface area contributed by atoms with Gasteiger partial charge in [-0.05, 0) is 76.8 Å². The lowest BCUT2D eigenvalue weighted by Crippen LogP contribution is -2.27. The first-order valence-corrected chi connectivity index (χ1v) is 13.0. The monoisotopic (exact) mass is 493 g/mol. The summed E-state index contributed by atoms with van der Waals surface area (Å²) in [6, 6.07) is 11.2. The molecule has 0 aliphatic carbocycles. The average molecular weight is 494 g/mol. The summed E-state index contributed by atoms with van der Waals surface area (Å²) < 4.78 is 17.0. The van der Waals surface area contributed by atoms with Crippen molar-refractivity contribution >= 4 is 16.9 Å². The van der Waals surface area contributed by atoms with Crippen molar-refractivity contribution in [1.82, 2.24) is 4.98 Å². The number of rotatable bonds is 13. The lowest BCUT2D eigenvalue weighted by Gasteiger charge is -2.23. The summed E-state index contributed by atoms with van der Waals surface area (Å²) in [5.74, 6) is 0.935. The summed E-state index contributed by atoms with van der Waals surface area (Å²) in [6.07, 6.45) is 7.06. The summed E-state index contributed by atoms with van der Waals surface area (Å²) in [5.41, 5.74) is 2.02. The van der Waals surface area contributed by atoms with Gasteiger partial charge in [-0.15, -0.1) is 0 Å². The second-order valence-corrected chi connectivity index (χ2v) is 10.6. The van der Waals surface area contributed by atoms with Crippen molar-refractivity contribution in [2.45, 2.75) is 73.1 Å². The van der Waals surface area contributed by atoms with E-state index >= 15 is 0 Å². The molecule has 6 nitrogen and oxygen atoms in total. The highest BCUT2D eigenvalue weighted by Gasteiger charge is 2.29. The van der Waals surface area contributed by atoms with E-state index in [1.54, 1.807) is 18.3 Å². The molecule has 0 saturated heterocycles. The number of nitrogens with zero attached hydrogens (tertiary/aromatic N) is 1. The van der Waals surface area contributed by atoms with Gasteiger partial charge in [-0.1, -0.05) is 43.7 Å². The maximum absolute atomic E-state index is 12.5. The molecule has 3 rings (SSSR count). The van der Waals surface area contributed by atoms with Crippen molar-refractivity contribution in [3.8, 4) is 17.0 Å². The molecule has 2 aromatic heterocycles. The number of fused-ring (bicyclic) bond motifs is 1. The van der Waals surface area contributed by atoms with E-state index < -0.39 is 5.41 Å². The Hall–Kier alpha value is -3.15. The van der Waals surface area contributed by atoms with Crippen molar-refractivity contribution in [2.75, 3.05) is 13.2 Å². The molecule has 0 amide bonds. The molecule has 0 unspecified atom stereocenters. The molecule has 3 aromatic rings.